The van der Waals surface area contributed by atoms with E-state index in [1.165, 1.54) is 19.1 Å². The molecule has 0 atom stereocenters. The van der Waals surface area contributed by atoms with Gasteiger partial charge in [-0.1, -0.05) is 0 Å². The van der Waals surface area contributed by atoms with Crippen molar-refractivity contribution < 1.29 is 19.1 Å². The van der Waals surface area contributed by atoms with E-state index in [4.69, 9.17) is 4.74 Å². The number of hydrogen-bond acceptors (Lipinski definition) is 4. The molecule has 0 aromatic rings. The number of hydrogen-bond donors (Lipinski definition) is 0. The summed E-state index contributed by atoms with van der Waals surface area (Å²) in [6.07, 6.45) is -0.535. The number of rotatable bonds is 2. The zero-order valence-electron chi connectivity index (χ0n) is 9.29. The number of esters is 1. The van der Waals surface area contributed by atoms with Gasteiger partial charge in [-0.15, -0.1) is 0 Å². The van der Waals surface area contributed by atoms with Crippen LogP contribution < -0.4 is 0 Å². The summed E-state index contributed by atoms with van der Waals surface area (Å²) >= 11 is 0. The fourth-order valence-corrected chi connectivity index (χ4v) is 0.580. The van der Waals surface area contributed by atoms with E-state index in [0.717, 1.165) is 0 Å². The minimum Gasteiger partial charge on any atom is -0.453 e. The van der Waals surface area contributed by atoms with Crippen LogP contribution in [0.25, 0.3) is 0 Å². The minimum atomic E-state index is -0.559. The van der Waals surface area contributed by atoms with Crippen molar-refractivity contribution >= 4 is 12.1 Å². The highest BCUT2D eigenvalue weighted by atomic mass is 16.6. The second-order valence-corrected chi connectivity index (χ2v) is 3.98. The lowest BCUT2D eigenvalue weighted by atomic mass is 9.98. The van der Waals surface area contributed by atoms with Crippen molar-refractivity contribution in [2.24, 2.45) is 5.41 Å². The van der Waals surface area contributed by atoms with Crippen molar-refractivity contribution in [1.82, 2.24) is 4.90 Å². The maximum atomic E-state index is 11.3. The normalized spacial score (nSPS) is 10.6. The van der Waals surface area contributed by atoms with Gasteiger partial charge in [-0.2, -0.15) is 0 Å². The summed E-state index contributed by atoms with van der Waals surface area (Å²) < 4.78 is 9.30. The molecule has 0 spiro atoms. The van der Waals surface area contributed by atoms with Crippen molar-refractivity contribution in [2.45, 2.75) is 20.8 Å². The second kappa shape index (κ2) is 4.83. The van der Waals surface area contributed by atoms with Crippen molar-refractivity contribution in [3.63, 3.8) is 0 Å². The zero-order valence-corrected chi connectivity index (χ0v) is 9.29. The molecule has 0 heterocycles. The second-order valence-electron chi connectivity index (χ2n) is 3.98. The van der Waals surface area contributed by atoms with E-state index >= 15 is 0 Å². The largest absolute Gasteiger partial charge is 0.453 e. The van der Waals surface area contributed by atoms with Gasteiger partial charge in [0.25, 0.3) is 0 Å². The number of carbonyl (C=O) groups is 2. The van der Waals surface area contributed by atoms with Gasteiger partial charge in [0.05, 0.1) is 12.5 Å². The molecule has 1 amide bonds. The summed E-state index contributed by atoms with van der Waals surface area (Å²) in [6.45, 7) is 5.14. The van der Waals surface area contributed by atoms with Crippen LogP contribution in [0, 0.1) is 5.41 Å². The fourth-order valence-electron chi connectivity index (χ4n) is 0.580. The summed E-state index contributed by atoms with van der Waals surface area (Å²) in [6, 6.07) is 0. The van der Waals surface area contributed by atoms with Crippen LogP contribution in [0.2, 0.25) is 0 Å². The summed E-state index contributed by atoms with van der Waals surface area (Å²) in [5, 5.41) is 0. The Morgan fingerprint density at radius 3 is 2.14 bits per heavy atom. The van der Waals surface area contributed by atoms with E-state index in [1.54, 1.807) is 20.8 Å². The van der Waals surface area contributed by atoms with Gasteiger partial charge in [-0.3, -0.25) is 9.69 Å². The zero-order chi connectivity index (χ0) is 11.4. The van der Waals surface area contributed by atoms with Crippen LogP contribution in [0.15, 0.2) is 0 Å². The third-order valence-electron chi connectivity index (χ3n) is 1.49. The first kappa shape index (κ1) is 12.7. The molecule has 14 heavy (non-hydrogen) atoms. The van der Waals surface area contributed by atoms with Gasteiger partial charge in [-0.05, 0) is 20.8 Å². The minimum absolute atomic E-state index is 0.0945. The van der Waals surface area contributed by atoms with Crippen LogP contribution in [-0.2, 0) is 14.3 Å². The highest BCUT2D eigenvalue weighted by Gasteiger charge is 2.23. The van der Waals surface area contributed by atoms with Crippen LogP contribution in [0.1, 0.15) is 20.8 Å². The molecule has 0 aliphatic heterocycles. The third kappa shape index (κ3) is 4.11. The molecule has 0 aromatic heterocycles. The lowest BCUT2D eigenvalue weighted by Crippen LogP contribution is -2.33. The molecule has 5 heteroatoms. The molecule has 0 aromatic carbocycles. The third-order valence-corrected chi connectivity index (χ3v) is 1.49. The maximum Gasteiger partial charge on any atom is 0.411 e. The molecule has 82 valence electrons. The maximum absolute atomic E-state index is 11.3. The number of carbonyl (C=O) groups excluding carboxylic acids is 2. The van der Waals surface area contributed by atoms with Crippen LogP contribution in [0.5, 0.6) is 0 Å². The molecule has 5 nitrogen and oxygen atoms in total. The number of methoxy groups -OCH3 is 1. The highest BCUT2D eigenvalue weighted by Crippen LogP contribution is 2.14. The molecule has 0 saturated heterocycles. The Bertz CT molecular complexity index is 219. The Hall–Kier alpha value is -1.26. The standard InChI is InChI=1S/C9H17NO4/c1-9(2,3)7(11)14-6-10(4)8(12)13-5/h6H2,1-5H3. The Kier molecular flexibility index (Phi) is 4.40. The molecule has 0 aliphatic carbocycles. The predicted molar refractivity (Wildman–Crippen MR) is 50.6 cm³/mol. The fraction of sp³-hybridized carbons (Fsp3) is 0.778. The smallest absolute Gasteiger partial charge is 0.411 e. The first-order valence-electron chi connectivity index (χ1n) is 4.25. The molecule has 0 unspecified atom stereocenters. The average molecular weight is 203 g/mol. The van der Waals surface area contributed by atoms with Crippen LogP contribution >= 0.6 is 0 Å². The molecule has 0 saturated carbocycles. The SMILES string of the molecule is COC(=O)N(C)COC(=O)C(C)(C)C. The van der Waals surface area contributed by atoms with Crippen LogP contribution in [0.4, 0.5) is 4.79 Å². The lowest BCUT2D eigenvalue weighted by Gasteiger charge is -2.20. The monoisotopic (exact) mass is 203 g/mol. The van der Waals surface area contributed by atoms with Crippen molar-refractivity contribution in [3.05, 3.63) is 0 Å². The quantitative estimate of drug-likeness (QED) is 0.500. The number of amides is 1. The molecule has 0 fully saturated rings. The number of nitrogens with zero attached hydrogens (tertiary/aromatic N) is 1. The van der Waals surface area contributed by atoms with Crippen molar-refractivity contribution in [1.29, 1.82) is 0 Å². The molecular formula is C9H17NO4. The predicted octanol–water partition coefficient (Wildman–Crippen LogP) is 1.23. The van der Waals surface area contributed by atoms with Gasteiger partial charge in [-0.25, -0.2) is 4.79 Å². The molecule has 0 bridgehead atoms. The van der Waals surface area contributed by atoms with E-state index in [9.17, 15) is 9.59 Å². The summed E-state index contributed by atoms with van der Waals surface area (Å²) in [7, 11) is 2.76. The van der Waals surface area contributed by atoms with Gasteiger partial charge >= 0.3 is 12.1 Å². The molecular weight excluding hydrogens is 186 g/mol. The van der Waals surface area contributed by atoms with Gasteiger partial charge < -0.3 is 9.47 Å². The Morgan fingerprint density at radius 1 is 1.29 bits per heavy atom. The molecule has 0 N–H and O–H groups in total. The van der Waals surface area contributed by atoms with Crippen LogP contribution in [0.3, 0.4) is 0 Å². The molecule has 0 rings (SSSR count). The summed E-state index contributed by atoms with van der Waals surface area (Å²) in [5.41, 5.74) is -0.559. The molecule has 0 aliphatic rings. The topological polar surface area (TPSA) is 55.8 Å². The van der Waals surface area contributed by atoms with E-state index < -0.39 is 11.5 Å². The Balaban J connectivity index is 3.96. The van der Waals surface area contributed by atoms with Crippen LogP contribution in [-0.4, -0.2) is 37.9 Å². The first-order valence-corrected chi connectivity index (χ1v) is 4.25. The van der Waals surface area contributed by atoms with Gasteiger partial charge in [0, 0.05) is 7.05 Å². The van der Waals surface area contributed by atoms with Gasteiger partial charge in [0.2, 0.25) is 0 Å². The average Bonchev–Trinajstić information content (AvgIpc) is 2.10. The first-order chi connectivity index (χ1) is 6.29. The van der Waals surface area contributed by atoms with E-state index in [-0.39, 0.29) is 12.7 Å². The van der Waals surface area contributed by atoms with E-state index in [2.05, 4.69) is 4.74 Å². The lowest BCUT2D eigenvalue weighted by molar-refractivity contribution is -0.156. The van der Waals surface area contributed by atoms with E-state index in [1.807, 2.05) is 0 Å². The van der Waals surface area contributed by atoms with Gasteiger partial charge in [0.15, 0.2) is 6.73 Å². The Labute approximate surface area is 84.0 Å². The summed E-state index contributed by atoms with van der Waals surface area (Å²) in [4.78, 5) is 23.3. The Morgan fingerprint density at radius 2 is 1.79 bits per heavy atom. The van der Waals surface area contributed by atoms with Crippen molar-refractivity contribution in [2.75, 3.05) is 20.9 Å². The highest BCUT2D eigenvalue weighted by molar-refractivity contribution is 5.75. The van der Waals surface area contributed by atoms with E-state index in [0.29, 0.717) is 0 Å². The van der Waals surface area contributed by atoms with Crippen molar-refractivity contribution in [3.8, 4) is 0 Å². The summed E-state index contributed by atoms with van der Waals surface area (Å²) in [5.74, 6) is -0.353. The number of ether oxygens (including phenoxy) is 2. The van der Waals surface area contributed by atoms with Gasteiger partial charge in [0.1, 0.15) is 0 Å². The molecule has 0 radical (unpaired) electrons.